The topological polar surface area (TPSA) is 100 Å². The lowest BCUT2D eigenvalue weighted by atomic mass is 10.0. The van der Waals surface area contributed by atoms with Crippen molar-refractivity contribution in [3.05, 3.63) is 29.5 Å². The van der Waals surface area contributed by atoms with Gasteiger partial charge < -0.3 is 20.1 Å². The lowest BCUT2D eigenvalue weighted by Gasteiger charge is -2.30. The van der Waals surface area contributed by atoms with Crippen LogP contribution in [0.1, 0.15) is 61.0 Å². The molecule has 2 fully saturated rings. The van der Waals surface area contributed by atoms with Crippen molar-refractivity contribution in [3.8, 4) is 17.0 Å². The van der Waals surface area contributed by atoms with Crippen LogP contribution in [0, 0.1) is 0 Å². The molecule has 2 N–H and O–H groups in total. The van der Waals surface area contributed by atoms with E-state index >= 15 is 0 Å². The second-order valence-electron chi connectivity index (χ2n) is 8.24. The highest BCUT2D eigenvalue weighted by molar-refractivity contribution is 5.80. The van der Waals surface area contributed by atoms with Crippen molar-refractivity contribution in [1.29, 1.82) is 0 Å². The minimum absolute atomic E-state index is 0.314. The molecule has 0 spiro atoms. The Morgan fingerprint density at radius 2 is 2.17 bits per heavy atom. The zero-order valence-corrected chi connectivity index (χ0v) is 17.5. The molecule has 1 saturated heterocycles. The third-order valence-electron chi connectivity index (χ3n) is 5.64. The summed E-state index contributed by atoms with van der Waals surface area (Å²) in [5.41, 5.74) is 2.72. The van der Waals surface area contributed by atoms with Gasteiger partial charge in [0, 0.05) is 36.1 Å². The molecule has 160 valence electrons. The second kappa shape index (κ2) is 9.06. The van der Waals surface area contributed by atoms with E-state index < -0.39 is 6.29 Å². The van der Waals surface area contributed by atoms with Gasteiger partial charge in [0.05, 0.1) is 5.69 Å². The monoisotopic (exact) mass is 411 g/mol. The van der Waals surface area contributed by atoms with Crippen LogP contribution in [0.4, 0.5) is 5.95 Å². The average Bonchev–Trinajstić information content (AvgIpc) is 3.59. The van der Waals surface area contributed by atoms with Crippen molar-refractivity contribution in [2.24, 2.45) is 0 Å². The molecule has 0 amide bonds. The third-order valence-corrected chi connectivity index (χ3v) is 5.64. The number of likely N-dealkylation sites (N-methyl/N-ethyl adjacent to an activating group) is 1. The van der Waals surface area contributed by atoms with Crippen LogP contribution in [-0.4, -0.2) is 63.9 Å². The Balaban J connectivity index is 1.66. The predicted molar refractivity (Wildman–Crippen MR) is 114 cm³/mol. The second-order valence-corrected chi connectivity index (χ2v) is 8.24. The Labute approximate surface area is 176 Å². The maximum absolute atomic E-state index is 11.2. The molecule has 1 saturated carbocycles. The maximum atomic E-state index is 11.2. The molecule has 2 aliphatic rings. The van der Waals surface area contributed by atoms with Gasteiger partial charge in [0.1, 0.15) is 17.7 Å². The number of nitrogens with zero attached hydrogens (tertiary/aromatic N) is 4. The average molecular weight is 412 g/mol. The first kappa shape index (κ1) is 20.7. The standard InChI is InChI=1S/C22H29N5O3/c1-3-19(29)30-18-11-14(13-28)6-9-17(18)21-20(15-7-8-15)24-22(26-25-21)23-16-5-4-10-27(2)12-16/h6,9,11,13,15-16,19,29H,3-5,7-8,10,12H2,1-2H3,(H,23,24,26)/t16-,19-/m1/s1. The summed E-state index contributed by atoms with van der Waals surface area (Å²) in [6, 6.07) is 5.45. The van der Waals surface area contributed by atoms with Gasteiger partial charge in [0.2, 0.25) is 5.95 Å². The molecule has 8 nitrogen and oxygen atoms in total. The molecule has 4 rings (SSSR count). The molecule has 0 bridgehead atoms. The van der Waals surface area contributed by atoms with E-state index in [4.69, 9.17) is 9.72 Å². The number of hydrogen-bond acceptors (Lipinski definition) is 8. The van der Waals surface area contributed by atoms with Gasteiger partial charge in [-0.2, -0.15) is 0 Å². The van der Waals surface area contributed by atoms with Crippen molar-refractivity contribution < 1.29 is 14.6 Å². The predicted octanol–water partition coefficient (Wildman–Crippen LogP) is 2.84. The van der Waals surface area contributed by atoms with Crippen LogP contribution < -0.4 is 10.1 Å². The first-order chi connectivity index (χ1) is 14.6. The number of aliphatic hydroxyl groups excluding tert-OH is 1. The smallest absolute Gasteiger partial charge is 0.243 e. The van der Waals surface area contributed by atoms with Gasteiger partial charge in [-0.25, -0.2) is 4.98 Å². The fraction of sp³-hybridized carbons (Fsp3) is 0.545. The number of piperidine rings is 1. The number of aromatic nitrogens is 3. The van der Waals surface area contributed by atoms with Crippen molar-refractivity contribution in [3.63, 3.8) is 0 Å². The number of carbonyl (C=O) groups is 1. The van der Waals surface area contributed by atoms with Crippen molar-refractivity contribution >= 4 is 12.2 Å². The third kappa shape index (κ3) is 4.76. The normalized spacial score (nSPS) is 20.6. The zero-order chi connectivity index (χ0) is 21.1. The van der Waals surface area contributed by atoms with E-state index in [2.05, 4.69) is 27.5 Å². The molecular formula is C22H29N5O3. The summed E-state index contributed by atoms with van der Waals surface area (Å²) in [5.74, 6) is 1.32. The largest absolute Gasteiger partial charge is 0.464 e. The van der Waals surface area contributed by atoms with Crippen LogP contribution in [0.25, 0.3) is 11.3 Å². The lowest BCUT2D eigenvalue weighted by molar-refractivity contribution is -0.0187. The van der Waals surface area contributed by atoms with Gasteiger partial charge >= 0.3 is 0 Å². The van der Waals surface area contributed by atoms with Crippen LogP contribution in [0.2, 0.25) is 0 Å². The Morgan fingerprint density at radius 1 is 1.33 bits per heavy atom. The first-order valence-electron chi connectivity index (χ1n) is 10.7. The molecule has 2 heterocycles. The van der Waals surface area contributed by atoms with Gasteiger partial charge in [-0.15, -0.1) is 10.2 Å². The Morgan fingerprint density at radius 3 is 2.87 bits per heavy atom. The summed E-state index contributed by atoms with van der Waals surface area (Å²) >= 11 is 0. The minimum Gasteiger partial charge on any atom is -0.464 e. The zero-order valence-electron chi connectivity index (χ0n) is 17.5. The number of hydrogen-bond donors (Lipinski definition) is 2. The van der Waals surface area contributed by atoms with Gasteiger partial charge in [-0.3, -0.25) is 4.79 Å². The quantitative estimate of drug-likeness (QED) is 0.505. The molecule has 1 aromatic carbocycles. The van der Waals surface area contributed by atoms with Gasteiger partial charge in [-0.1, -0.05) is 13.0 Å². The highest BCUT2D eigenvalue weighted by Gasteiger charge is 2.31. The molecule has 1 aromatic heterocycles. The number of ether oxygens (including phenoxy) is 1. The maximum Gasteiger partial charge on any atom is 0.243 e. The molecule has 30 heavy (non-hydrogen) atoms. The number of anilines is 1. The number of aldehydes is 1. The number of aliphatic hydroxyl groups is 1. The number of nitrogens with one attached hydrogen (secondary N) is 1. The van der Waals surface area contributed by atoms with E-state index in [-0.39, 0.29) is 0 Å². The Kier molecular flexibility index (Phi) is 6.24. The summed E-state index contributed by atoms with van der Waals surface area (Å²) in [6.45, 7) is 3.91. The van der Waals surface area contributed by atoms with Gasteiger partial charge in [0.25, 0.3) is 0 Å². The number of rotatable bonds is 8. The number of benzene rings is 1. The fourth-order valence-electron chi connectivity index (χ4n) is 3.83. The summed E-state index contributed by atoms with van der Waals surface area (Å²) in [4.78, 5) is 18.4. The summed E-state index contributed by atoms with van der Waals surface area (Å²) in [5, 5.41) is 22.3. The van der Waals surface area contributed by atoms with E-state index in [9.17, 15) is 9.90 Å². The molecule has 2 aromatic rings. The Hall–Kier alpha value is -2.58. The van der Waals surface area contributed by atoms with Crippen LogP contribution >= 0.6 is 0 Å². The summed E-state index contributed by atoms with van der Waals surface area (Å²) < 4.78 is 5.69. The Bertz CT molecular complexity index is 902. The minimum atomic E-state index is -0.958. The van der Waals surface area contributed by atoms with E-state index in [1.165, 1.54) is 0 Å². The molecule has 8 heteroatoms. The van der Waals surface area contributed by atoms with E-state index in [1.807, 2.05) is 6.92 Å². The van der Waals surface area contributed by atoms with Crippen LogP contribution in [0.3, 0.4) is 0 Å². The van der Waals surface area contributed by atoms with Crippen molar-refractivity contribution in [2.75, 3.05) is 25.5 Å². The van der Waals surface area contributed by atoms with Crippen LogP contribution in [0.15, 0.2) is 18.2 Å². The van der Waals surface area contributed by atoms with E-state index in [0.717, 1.165) is 50.8 Å². The SMILES string of the molecule is CC[C@H](O)Oc1cc(C=O)ccc1-c1nnc(N[C@@H]2CCCN(C)C2)nc1C1CC1. The molecule has 1 aliphatic heterocycles. The van der Waals surface area contributed by atoms with E-state index in [1.54, 1.807) is 18.2 Å². The summed E-state index contributed by atoms with van der Waals surface area (Å²) in [6.07, 6.45) is 4.61. The molecule has 0 unspecified atom stereocenters. The molecule has 1 aliphatic carbocycles. The van der Waals surface area contributed by atoms with Gasteiger partial charge in [-0.05, 0) is 51.4 Å². The molecule has 2 atom stereocenters. The fourth-order valence-corrected chi connectivity index (χ4v) is 3.83. The summed E-state index contributed by atoms with van der Waals surface area (Å²) in [7, 11) is 2.13. The molecule has 0 radical (unpaired) electrons. The number of carbonyl (C=O) groups excluding carboxylic acids is 1. The van der Waals surface area contributed by atoms with E-state index in [0.29, 0.717) is 46.9 Å². The van der Waals surface area contributed by atoms with Crippen LogP contribution in [-0.2, 0) is 0 Å². The van der Waals surface area contributed by atoms with Gasteiger partial charge in [0.15, 0.2) is 6.29 Å². The number of likely N-dealkylation sites (tertiary alicyclic amines) is 1. The first-order valence-corrected chi connectivity index (χ1v) is 10.7. The van der Waals surface area contributed by atoms with Crippen molar-refractivity contribution in [1.82, 2.24) is 20.1 Å². The lowest BCUT2D eigenvalue weighted by Crippen LogP contribution is -2.40. The highest BCUT2D eigenvalue weighted by Crippen LogP contribution is 2.44. The highest BCUT2D eigenvalue weighted by atomic mass is 16.6. The van der Waals surface area contributed by atoms with Crippen molar-refractivity contribution in [2.45, 2.75) is 57.3 Å². The van der Waals surface area contributed by atoms with Crippen LogP contribution in [0.5, 0.6) is 5.75 Å². The molecular weight excluding hydrogens is 382 g/mol.